The highest BCUT2D eigenvalue weighted by atomic mass is 16.7. The second kappa shape index (κ2) is 53.3. The summed E-state index contributed by atoms with van der Waals surface area (Å²) in [5.41, 5.74) is 0. The molecule has 1 amide bonds. The molecule has 9 heteroatoms. The van der Waals surface area contributed by atoms with Gasteiger partial charge in [-0.15, -0.1) is 0 Å². The number of carbonyl (C=O) groups excluding carboxylic acids is 1. The molecule has 6 N–H and O–H groups in total. The number of allylic oxidation sites excluding steroid dienone is 10. The van der Waals surface area contributed by atoms with Crippen molar-refractivity contribution in [3.8, 4) is 0 Å². The van der Waals surface area contributed by atoms with Crippen molar-refractivity contribution in [2.75, 3.05) is 13.2 Å². The van der Waals surface area contributed by atoms with Gasteiger partial charge in [-0.2, -0.15) is 0 Å². The molecular formula is C64H117NO8. The van der Waals surface area contributed by atoms with Crippen LogP contribution in [0, 0.1) is 0 Å². The largest absolute Gasteiger partial charge is 0.394 e. The van der Waals surface area contributed by atoms with E-state index < -0.39 is 49.5 Å². The third kappa shape index (κ3) is 42.7. The number of aliphatic hydroxyl groups excluding tert-OH is 5. The van der Waals surface area contributed by atoms with E-state index in [1.807, 2.05) is 0 Å². The quantitative estimate of drug-likeness (QED) is 0.0261. The molecule has 0 spiro atoms. The maximum atomic E-state index is 13.0. The lowest BCUT2D eigenvalue weighted by Crippen LogP contribution is -2.60. The first-order valence-electron chi connectivity index (χ1n) is 31.0. The molecule has 73 heavy (non-hydrogen) atoms. The molecule has 0 aromatic rings. The summed E-state index contributed by atoms with van der Waals surface area (Å²) in [5.74, 6) is -0.142. The first-order chi connectivity index (χ1) is 35.8. The van der Waals surface area contributed by atoms with Crippen LogP contribution in [0.3, 0.4) is 0 Å². The molecule has 0 saturated carbocycles. The van der Waals surface area contributed by atoms with Crippen LogP contribution in [0.15, 0.2) is 60.8 Å². The molecule has 1 saturated heterocycles. The van der Waals surface area contributed by atoms with Gasteiger partial charge in [0.25, 0.3) is 0 Å². The van der Waals surface area contributed by atoms with Crippen LogP contribution in [-0.2, 0) is 14.3 Å². The summed E-state index contributed by atoms with van der Waals surface area (Å²) in [4.78, 5) is 13.0. The van der Waals surface area contributed by atoms with E-state index in [-0.39, 0.29) is 12.5 Å². The van der Waals surface area contributed by atoms with E-state index in [0.29, 0.717) is 12.8 Å². The number of hydrogen-bond acceptors (Lipinski definition) is 8. The predicted octanol–water partition coefficient (Wildman–Crippen LogP) is 15.9. The molecule has 0 aromatic heterocycles. The first kappa shape index (κ1) is 68.9. The molecule has 426 valence electrons. The van der Waals surface area contributed by atoms with Gasteiger partial charge >= 0.3 is 0 Å². The number of nitrogens with one attached hydrogen (secondary N) is 1. The van der Waals surface area contributed by atoms with Crippen molar-refractivity contribution in [2.24, 2.45) is 0 Å². The van der Waals surface area contributed by atoms with E-state index in [1.54, 1.807) is 0 Å². The van der Waals surface area contributed by atoms with Gasteiger partial charge < -0.3 is 40.3 Å². The topological polar surface area (TPSA) is 149 Å². The Morgan fingerprint density at radius 2 is 0.849 bits per heavy atom. The Morgan fingerprint density at radius 1 is 0.479 bits per heavy atom. The number of aliphatic hydroxyl groups is 5. The Balaban J connectivity index is 2.01. The summed E-state index contributed by atoms with van der Waals surface area (Å²) in [6.45, 7) is 3.72. The number of amides is 1. The van der Waals surface area contributed by atoms with E-state index in [0.717, 1.165) is 70.6 Å². The second-order valence-electron chi connectivity index (χ2n) is 21.5. The Kier molecular flexibility index (Phi) is 50.3. The second-order valence-corrected chi connectivity index (χ2v) is 21.5. The fraction of sp³-hybridized carbons (Fsp3) is 0.828. The van der Waals surface area contributed by atoms with Crippen molar-refractivity contribution in [1.82, 2.24) is 5.32 Å². The average molecular weight is 1030 g/mol. The van der Waals surface area contributed by atoms with Crippen LogP contribution in [0.25, 0.3) is 0 Å². The van der Waals surface area contributed by atoms with Crippen LogP contribution in [-0.4, -0.2) is 87.5 Å². The Morgan fingerprint density at radius 3 is 1.26 bits per heavy atom. The van der Waals surface area contributed by atoms with Crippen molar-refractivity contribution in [3.05, 3.63) is 60.8 Å². The number of carbonyl (C=O) groups is 1. The van der Waals surface area contributed by atoms with Crippen molar-refractivity contribution in [2.45, 2.75) is 326 Å². The molecule has 7 unspecified atom stereocenters. The van der Waals surface area contributed by atoms with E-state index in [2.05, 4.69) is 79.9 Å². The van der Waals surface area contributed by atoms with Gasteiger partial charge in [0.15, 0.2) is 6.29 Å². The van der Waals surface area contributed by atoms with Crippen LogP contribution in [0.2, 0.25) is 0 Å². The molecular weight excluding hydrogens is 911 g/mol. The third-order valence-corrected chi connectivity index (χ3v) is 14.6. The van der Waals surface area contributed by atoms with Gasteiger partial charge in [0.2, 0.25) is 5.91 Å². The zero-order valence-corrected chi connectivity index (χ0v) is 47.4. The number of unbranched alkanes of at least 4 members (excludes halogenated alkanes) is 33. The van der Waals surface area contributed by atoms with E-state index >= 15 is 0 Å². The van der Waals surface area contributed by atoms with E-state index in [1.165, 1.54) is 186 Å². The highest BCUT2D eigenvalue weighted by Gasteiger charge is 2.44. The van der Waals surface area contributed by atoms with Crippen LogP contribution in [0.1, 0.15) is 284 Å². The third-order valence-electron chi connectivity index (χ3n) is 14.6. The summed E-state index contributed by atoms with van der Waals surface area (Å²) in [6, 6.07) is -0.716. The monoisotopic (exact) mass is 1030 g/mol. The van der Waals surface area contributed by atoms with Crippen LogP contribution < -0.4 is 5.32 Å². The summed E-state index contributed by atoms with van der Waals surface area (Å²) >= 11 is 0. The highest BCUT2D eigenvalue weighted by Crippen LogP contribution is 2.23. The van der Waals surface area contributed by atoms with Crippen molar-refractivity contribution >= 4 is 5.91 Å². The van der Waals surface area contributed by atoms with E-state index in [9.17, 15) is 30.3 Å². The average Bonchev–Trinajstić information content (AvgIpc) is 3.39. The fourth-order valence-electron chi connectivity index (χ4n) is 9.78. The lowest BCUT2D eigenvalue weighted by molar-refractivity contribution is -0.302. The van der Waals surface area contributed by atoms with Crippen molar-refractivity contribution in [1.29, 1.82) is 0 Å². The van der Waals surface area contributed by atoms with Gasteiger partial charge in [0, 0.05) is 6.42 Å². The van der Waals surface area contributed by atoms with Gasteiger partial charge in [0.1, 0.15) is 24.4 Å². The molecule has 7 atom stereocenters. The lowest BCUT2D eigenvalue weighted by atomic mass is 9.99. The summed E-state index contributed by atoms with van der Waals surface area (Å²) in [6.07, 6.45) is 65.8. The van der Waals surface area contributed by atoms with Gasteiger partial charge in [-0.05, 0) is 57.8 Å². The Labute approximate surface area is 449 Å². The minimum Gasteiger partial charge on any atom is -0.394 e. The Hall–Kier alpha value is -2.11. The molecule has 1 heterocycles. The number of ether oxygens (including phenoxy) is 2. The van der Waals surface area contributed by atoms with Gasteiger partial charge in [-0.1, -0.05) is 280 Å². The normalized spacial score (nSPS) is 19.5. The molecule has 0 aromatic carbocycles. The fourth-order valence-corrected chi connectivity index (χ4v) is 9.78. The Bertz CT molecular complexity index is 1330. The zero-order valence-electron chi connectivity index (χ0n) is 47.4. The van der Waals surface area contributed by atoms with E-state index in [4.69, 9.17) is 9.47 Å². The number of hydrogen-bond donors (Lipinski definition) is 6. The van der Waals surface area contributed by atoms with Crippen molar-refractivity contribution < 1.29 is 39.8 Å². The lowest BCUT2D eigenvalue weighted by Gasteiger charge is -2.40. The zero-order chi connectivity index (χ0) is 52.9. The summed E-state index contributed by atoms with van der Waals surface area (Å²) in [7, 11) is 0. The molecule has 1 aliphatic rings. The molecule has 1 rings (SSSR count). The minimum absolute atomic E-state index is 0.135. The predicted molar refractivity (Wildman–Crippen MR) is 309 cm³/mol. The first-order valence-corrected chi connectivity index (χ1v) is 31.0. The SMILES string of the molecule is CC/C=C\C/C=C\C/C=C\C/C=C\C/C=C\CCCCCCCCCCCCCCCCCCCCCCCCCC(=O)NC(COC1OC(CO)C(O)C(O)C1O)C(O)CCCCCCCCCCCCC. The summed E-state index contributed by atoms with van der Waals surface area (Å²) < 4.78 is 11.3. The number of rotatable bonds is 53. The van der Waals surface area contributed by atoms with Gasteiger partial charge in [-0.25, -0.2) is 0 Å². The standard InChI is InChI=1S/C64H117NO8/c1-3-5-7-9-11-13-15-16-17-18-19-20-21-22-23-24-25-26-27-28-29-30-31-32-33-34-35-36-37-38-39-40-41-42-44-46-48-50-52-54-60(68)65-57(56-72-64-63(71)62(70)61(69)59(55-66)73-64)58(67)53-51-49-47-45-43-14-12-10-8-6-4-2/h5,7,11,13,16-17,19-20,22-23,57-59,61-64,66-67,69-71H,3-4,6,8-10,12,14-15,18,21,24-56H2,1-2H3,(H,65,68)/b7-5-,13-11-,17-16-,20-19-,23-22-. The molecule has 1 aliphatic heterocycles. The maximum Gasteiger partial charge on any atom is 0.220 e. The van der Waals surface area contributed by atoms with Crippen LogP contribution in [0.4, 0.5) is 0 Å². The van der Waals surface area contributed by atoms with Gasteiger partial charge in [-0.3, -0.25) is 4.79 Å². The molecule has 0 bridgehead atoms. The van der Waals surface area contributed by atoms with Crippen molar-refractivity contribution in [3.63, 3.8) is 0 Å². The maximum absolute atomic E-state index is 13.0. The molecule has 0 aliphatic carbocycles. The molecule has 9 nitrogen and oxygen atoms in total. The summed E-state index contributed by atoms with van der Waals surface area (Å²) in [5, 5.41) is 54.5. The van der Waals surface area contributed by atoms with Gasteiger partial charge in [0.05, 0.1) is 25.4 Å². The van der Waals surface area contributed by atoms with Crippen LogP contribution >= 0.6 is 0 Å². The molecule has 0 radical (unpaired) electrons. The van der Waals surface area contributed by atoms with Crippen LogP contribution in [0.5, 0.6) is 0 Å². The smallest absolute Gasteiger partial charge is 0.220 e. The molecule has 1 fully saturated rings. The highest BCUT2D eigenvalue weighted by molar-refractivity contribution is 5.76. The minimum atomic E-state index is -1.55.